The summed E-state index contributed by atoms with van der Waals surface area (Å²) in [6, 6.07) is 12.6. The lowest BCUT2D eigenvalue weighted by Gasteiger charge is -2.20. The fourth-order valence-electron chi connectivity index (χ4n) is 3.36. The third-order valence-corrected chi connectivity index (χ3v) is 5.40. The SMILES string of the molecule is CC[C@H](C)c1ccccc1OC(=O)[C@H]1CC(=O)N(c2cc(Cl)ccc2OC)C1. The Morgan fingerprint density at radius 2 is 2.00 bits per heavy atom. The minimum absolute atomic E-state index is 0.0972. The van der Waals surface area contributed by atoms with Crippen LogP contribution < -0.4 is 14.4 Å². The molecule has 0 N–H and O–H groups in total. The van der Waals surface area contributed by atoms with Crippen LogP contribution >= 0.6 is 11.6 Å². The van der Waals surface area contributed by atoms with Crippen molar-refractivity contribution in [2.24, 2.45) is 5.92 Å². The lowest BCUT2D eigenvalue weighted by Crippen LogP contribution is -2.27. The molecule has 1 amide bonds. The molecule has 0 aliphatic carbocycles. The van der Waals surface area contributed by atoms with Gasteiger partial charge in [0.2, 0.25) is 5.91 Å². The average molecular weight is 402 g/mol. The van der Waals surface area contributed by atoms with Crippen LogP contribution in [0.15, 0.2) is 42.5 Å². The van der Waals surface area contributed by atoms with Crippen molar-refractivity contribution >= 4 is 29.2 Å². The number of ether oxygens (including phenoxy) is 2. The standard InChI is InChI=1S/C22H24ClNO4/c1-4-14(2)17-7-5-6-8-19(17)28-22(26)15-11-21(25)24(13-15)18-12-16(23)9-10-20(18)27-3/h5-10,12,14-15H,4,11,13H2,1-3H3/t14-,15-/m0/s1. The van der Waals surface area contributed by atoms with Gasteiger partial charge in [-0.1, -0.05) is 43.6 Å². The lowest BCUT2D eigenvalue weighted by molar-refractivity contribution is -0.139. The van der Waals surface area contributed by atoms with Gasteiger partial charge in [0.1, 0.15) is 11.5 Å². The van der Waals surface area contributed by atoms with Gasteiger partial charge in [-0.15, -0.1) is 0 Å². The number of benzene rings is 2. The van der Waals surface area contributed by atoms with E-state index in [-0.39, 0.29) is 24.8 Å². The van der Waals surface area contributed by atoms with Crippen molar-refractivity contribution in [1.29, 1.82) is 0 Å². The molecule has 0 aromatic heterocycles. The van der Waals surface area contributed by atoms with Gasteiger partial charge in [-0.2, -0.15) is 0 Å². The van der Waals surface area contributed by atoms with Crippen LogP contribution in [-0.4, -0.2) is 25.5 Å². The first-order valence-corrected chi connectivity index (χ1v) is 9.76. The second-order valence-corrected chi connectivity index (χ2v) is 7.43. The number of methoxy groups -OCH3 is 1. The minimum atomic E-state index is -0.541. The van der Waals surface area contributed by atoms with Crippen LogP contribution in [-0.2, 0) is 9.59 Å². The highest BCUT2D eigenvalue weighted by Crippen LogP contribution is 2.36. The number of carbonyl (C=O) groups is 2. The monoisotopic (exact) mass is 401 g/mol. The van der Waals surface area contributed by atoms with E-state index in [0.29, 0.717) is 22.2 Å². The topological polar surface area (TPSA) is 55.8 Å². The van der Waals surface area contributed by atoms with Crippen LogP contribution in [0, 0.1) is 5.92 Å². The zero-order valence-electron chi connectivity index (χ0n) is 16.3. The van der Waals surface area contributed by atoms with E-state index >= 15 is 0 Å². The van der Waals surface area contributed by atoms with Gasteiger partial charge in [0.25, 0.3) is 0 Å². The van der Waals surface area contributed by atoms with E-state index in [9.17, 15) is 9.59 Å². The fourth-order valence-corrected chi connectivity index (χ4v) is 3.53. The Balaban J connectivity index is 1.78. The van der Waals surface area contributed by atoms with Gasteiger partial charge in [-0.3, -0.25) is 9.59 Å². The van der Waals surface area contributed by atoms with Crippen LogP contribution in [0.5, 0.6) is 11.5 Å². The summed E-state index contributed by atoms with van der Waals surface area (Å²) in [4.78, 5) is 26.9. The van der Waals surface area contributed by atoms with Gasteiger partial charge in [-0.25, -0.2) is 0 Å². The maximum Gasteiger partial charge on any atom is 0.316 e. The molecule has 1 aliphatic rings. The molecular formula is C22H24ClNO4. The molecule has 28 heavy (non-hydrogen) atoms. The van der Waals surface area contributed by atoms with E-state index in [2.05, 4.69) is 13.8 Å². The van der Waals surface area contributed by atoms with Crippen LogP contribution in [0.2, 0.25) is 5.02 Å². The van der Waals surface area contributed by atoms with Crippen molar-refractivity contribution in [1.82, 2.24) is 0 Å². The molecule has 0 radical (unpaired) electrons. The van der Waals surface area contributed by atoms with E-state index in [4.69, 9.17) is 21.1 Å². The van der Waals surface area contributed by atoms with Gasteiger partial charge < -0.3 is 14.4 Å². The molecule has 1 heterocycles. The van der Waals surface area contributed by atoms with Gasteiger partial charge in [0.05, 0.1) is 18.7 Å². The predicted octanol–water partition coefficient (Wildman–Crippen LogP) is 4.82. The number of carbonyl (C=O) groups excluding carboxylic acids is 2. The maximum absolute atomic E-state index is 12.8. The summed E-state index contributed by atoms with van der Waals surface area (Å²) >= 11 is 6.08. The Morgan fingerprint density at radius 3 is 2.71 bits per heavy atom. The number of para-hydroxylation sites is 1. The molecule has 0 bridgehead atoms. The van der Waals surface area contributed by atoms with Gasteiger partial charge in [0.15, 0.2) is 0 Å². The smallest absolute Gasteiger partial charge is 0.316 e. The summed E-state index contributed by atoms with van der Waals surface area (Å²) in [5, 5.41) is 0.497. The van der Waals surface area contributed by atoms with Crippen molar-refractivity contribution in [3.8, 4) is 11.5 Å². The van der Waals surface area contributed by atoms with Crippen LogP contribution in [0.25, 0.3) is 0 Å². The molecule has 0 saturated carbocycles. The number of rotatable bonds is 6. The van der Waals surface area contributed by atoms with Crippen LogP contribution in [0.1, 0.15) is 38.2 Å². The molecule has 0 spiro atoms. The van der Waals surface area contributed by atoms with Crippen molar-refractivity contribution < 1.29 is 19.1 Å². The molecule has 2 atom stereocenters. The number of halogens is 1. The Bertz CT molecular complexity index is 883. The third-order valence-electron chi connectivity index (χ3n) is 5.16. The Morgan fingerprint density at radius 1 is 1.25 bits per heavy atom. The number of amides is 1. The van der Waals surface area contributed by atoms with Gasteiger partial charge in [0, 0.05) is 18.0 Å². The van der Waals surface area contributed by atoms with E-state index in [1.807, 2.05) is 18.2 Å². The highest BCUT2D eigenvalue weighted by molar-refractivity contribution is 6.31. The summed E-state index contributed by atoms with van der Waals surface area (Å²) in [5.74, 6) is 0.287. The summed E-state index contributed by atoms with van der Waals surface area (Å²) in [6.45, 7) is 4.42. The normalized spacial score (nSPS) is 17.5. The number of hydrogen-bond acceptors (Lipinski definition) is 4. The predicted molar refractivity (Wildman–Crippen MR) is 109 cm³/mol. The summed E-state index contributed by atoms with van der Waals surface area (Å²) < 4.78 is 11.0. The van der Waals surface area contributed by atoms with Crippen molar-refractivity contribution in [2.75, 3.05) is 18.6 Å². The molecule has 1 fully saturated rings. The summed E-state index contributed by atoms with van der Waals surface area (Å²) in [5.41, 5.74) is 1.56. The number of hydrogen-bond donors (Lipinski definition) is 0. The van der Waals surface area contributed by atoms with Crippen molar-refractivity contribution in [3.63, 3.8) is 0 Å². The quantitative estimate of drug-likeness (QED) is 0.514. The molecule has 5 nitrogen and oxygen atoms in total. The minimum Gasteiger partial charge on any atom is -0.495 e. The number of esters is 1. The molecule has 2 aromatic carbocycles. The van der Waals surface area contributed by atoms with E-state index < -0.39 is 11.9 Å². The van der Waals surface area contributed by atoms with Crippen molar-refractivity contribution in [2.45, 2.75) is 32.6 Å². The first-order chi connectivity index (χ1) is 13.4. The molecule has 6 heteroatoms. The Kier molecular flexibility index (Phi) is 6.25. The molecule has 148 valence electrons. The Hall–Kier alpha value is -2.53. The summed E-state index contributed by atoms with van der Waals surface area (Å²) in [6.07, 6.45) is 1.04. The highest BCUT2D eigenvalue weighted by Gasteiger charge is 2.37. The first kappa shape index (κ1) is 20.2. The highest BCUT2D eigenvalue weighted by atomic mass is 35.5. The van der Waals surface area contributed by atoms with Gasteiger partial charge in [-0.05, 0) is 42.2 Å². The second kappa shape index (κ2) is 8.65. The van der Waals surface area contributed by atoms with Gasteiger partial charge >= 0.3 is 5.97 Å². The zero-order chi connectivity index (χ0) is 20.3. The maximum atomic E-state index is 12.8. The molecule has 0 unspecified atom stereocenters. The molecule has 3 rings (SSSR count). The molecule has 2 aromatic rings. The van der Waals surface area contributed by atoms with E-state index in [0.717, 1.165) is 12.0 Å². The second-order valence-electron chi connectivity index (χ2n) is 6.99. The number of nitrogens with zero attached hydrogens (tertiary/aromatic N) is 1. The first-order valence-electron chi connectivity index (χ1n) is 9.39. The molecular weight excluding hydrogens is 378 g/mol. The van der Waals surface area contributed by atoms with E-state index in [1.165, 1.54) is 12.0 Å². The molecule has 1 aliphatic heterocycles. The van der Waals surface area contributed by atoms with Crippen molar-refractivity contribution in [3.05, 3.63) is 53.1 Å². The fraction of sp³-hybridized carbons (Fsp3) is 0.364. The van der Waals surface area contributed by atoms with Crippen LogP contribution in [0.4, 0.5) is 5.69 Å². The molecule has 1 saturated heterocycles. The zero-order valence-corrected chi connectivity index (χ0v) is 17.0. The van der Waals surface area contributed by atoms with Crippen LogP contribution in [0.3, 0.4) is 0 Å². The van der Waals surface area contributed by atoms with E-state index in [1.54, 1.807) is 24.3 Å². The number of anilines is 1. The Labute approximate surface area is 170 Å². The third kappa shape index (κ3) is 4.14. The average Bonchev–Trinajstić information content (AvgIpc) is 3.09. The summed E-state index contributed by atoms with van der Waals surface area (Å²) in [7, 11) is 1.53. The lowest BCUT2D eigenvalue weighted by atomic mass is 9.98. The largest absolute Gasteiger partial charge is 0.495 e.